The predicted octanol–water partition coefficient (Wildman–Crippen LogP) is 3.22. The number of piperazine rings is 1. The molecule has 2 N–H and O–H groups in total. The van der Waals surface area contributed by atoms with E-state index in [9.17, 15) is 13.2 Å². The summed E-state index contributed by atoms with van der Waals surface area (Å²) in [6.45, 7) is 7.16. The first-order chi connectivity index (χ1) is 15.9. The van der Waals surface area contributed by atoms with Crippen LogP contribution in [0.25, 0.3) is 0 Å². The Hall–Kier alpha value is -2.42. The highest BCUT2D eigenvalue weighted by Gasteiger charge is 2.29. The van der Waals surface area contributed by atoms with Gasteiger partial charge in [0.2, 0.25) is 10.0 Å². The van der Waals surface area contributed by atoms with E-state index in [0.717, 1.165) is 56.2 Å². The van der Waals surface area contributed by atoms with Gasteiger partial charge in [-0.25, -0.2) is 13.1 Å². The van der Waals surface area contributed by atoms with E-state index in [2.05, 4.69) is 25.9 Å². The molecule has 2 saturated carbocycles. The van der Waals surface area contributed by atoms with Crippen LogP contribution >= 0.6 is 0 Å². The normalized spacial score (nSPS) is 19.5. The van der Waals surface area contributed by atoms with E-state index in [-0.39, 0.29) is 16.8 Å². The third-order valence-electron chi connectivity index (χ3n) is 6.72. The zero-order valence-electron chi connectivity index (χ0n) is 19.1. The van der Waals surface area contributed by atoms with Gasteiger partial charge in [-0.1, -0.05) is 12.1 Å². The Bertz CT molecular complexity index is 1130. The van der Waals surface area contributed by atoms with Crippen LogP contribution < -0.4 is 14.9 Å². The second-order valence-corrected chi connectivity index (χ2v) is 11.3. The van der Waals surface area contributed by atoms with Crippen LogP contribution in [0.15, 0.2) is 47.4 Å². The number of benzene rings is 2. The Morgan fingerprint density at radius 3 is 2.45 bits per heavy atom. The number of hydrogen-bond donors (Lipinski definition) is 2. The molecular weight excluding hydrogens is 436 g/mol. The van der Waals surface area contributed by atoms with Crippen molar-refractivity contribution in [1.82, 2.24) is 9.62 Å². The molecule has 33 heavy (non-hydrogen) atoms. The third kappa shape index (κ3) is 5.57. The van der Waals surface area contributed by atoms with Crippen LogP contribution in [0.4, 0.5) is 11.4 Å². The lowest BCUT2D eigenvalue weighted by Gasteiger charge is -2.36. The van der Waals surface area contributed by atoms with Gasteiger partial charge in [-0.3, -0.25) is 9.69 Å². The Kier molecular flexibility index (Phi) is 6.16. The number of carbonyl (C=O) groups excluding carboxylic acids is 1. The molecule has 2 aromatic carbocycles. The van der Waals surface area contributed by atoms with E-state index < -0.39 is 10.0 Å². The number of nitrogens with zero attached hydrogens (tertiary/aromatic N) is 2. The Labute approximate surface area is 196 Å². The summed E-state index contributed by atoms with van der Waals surface area (Å²) in [6.07, 6.45) is 4.50. The maximum atomic E-state index is 13.0. The predicted molar refractivity (Wildman–Crippen MR) is 130 cm³/mol. The smallest absolute Gasteiger partial charge is 0.255 e. The van der Waals surface area contributed by atoms with Crippen molar-refractivity contribution in [1.29, 1.82) is 0 Å². The van der Waals surface area contributed by atoms with Crippen LogP contribution in [0, 0.1) is 12.8 Å². The van der Waals surface area contributed by atoms with Gasteiger partial charge in [-0.15, -0.1) is 0 Å². The molecule has 0 unspecified atom stereocenters. The summed E-state index contributed by atoms with van der Waals surface area (Å²) in [5.74, 6) is 0.610. The molecule has 0 aromatic heterocycles. The number of nitrogens with one attached hydrogen (secondary N) is 2. The minimum atomic E-state index is -3.61. The molecule has 0 atom stereocenters. The van der Waals surface area contributed by atoms with Crippen LogP contribution in [-0.2, 0) is 10.0 Å². The van der Waals surface area contributed by atoms with Crippen molar-refractivity contribution >= 4 is 27.3 Å². The van der Waals surface area contributed by atoms with Crippen LogP contribution in [0.3, 0.4) is 0 Å². The van der Waals surface area contributed by atoms with E-state index in [1.54, 1.807) is 12.1 Å². The fraction of sp³-hybridized carbons (Fsp3) is 0.480. The van der Waals surface area contributed by atoms with Gasteiger partial charge in [-0.2, -0.15) is 0 Å². The van der Waals surface area contributed by atoms with Crippen molar-refractivity contribution in [3.63, 3.8) is 0 Å². The molecule has 3 fully saturated rings. The van der Waals surface area contributed by atoms with Gasteiger partial charge in [-0.05, 0) is 74.4 Å². The topological polar surface area (TPSA) is 81.7 Å². The SMILES string of the molecule is Cc1ccc(S(=O)(=O)NC2CC2)cc1C(=O)Nc1cccc(N2CCN(CC3CC3)CC2)c1. The fourth-order valence-corrected chi connectivity index (χ4v) is 5.67. The zero-order valence-corrected chi connectivity index (χ0v) is 19.9. The van der Waals surface area contributed by atoms with E-state index in [4.69, 9.17) is 0 Å². The van der Waals surface area contributed by atoms with Crippen molar-refractivity contribution in [2.45, 2.75) is 43.5 Å². The lowest BCUT2D eigenvalue weighted by Crippen LogP contribution is -2.47. The molecule has 0 spiro atoms. The van der Waals surface area contributed by atoms with E-state index in [1.807, 2.05) is 25.1 Å². The molecule has 1 amide bonds. The lowest BCUT2D eigenvalue weighted by molar-refractivity contribution is 0.102. The van der Waals surface area contributed by atoms with Crippen LogP contribution in [0.1, 0.15) is 41.6 Å². The fourth-order valence-electron chi connectivity index (χ4n) is 4.33. The number of amides is 1. The Morgan fingerprint density at radius 1 is 1.00 bits per heavy atom. The summed E-state index contributed by atoms with van der Waals surface area (Å²) < 4.78 is 27.8. The number of hydrogen-bond acceptors (Lipinski definition) is 5. The minimum absolute atomic E-state index is 0.0203. The maximum absolute atomic E-state index is 13.0. The monoisotopic (exact) mass is 468 g/mol. The molecule has 2 aliphatic carbocycles. The maximum Gasteiger partial charge on any atom is 0.255 e. The third-order valence-corrected chi connectivity index (χ3v) is 8.24. The number of carbonyl (C=O) groups is 1. The molecule has 1 saturated heterocycles. The van der Waals surface area contributed by atoms with E-state index in [0.29, 0.717) is 11.3 Å². The van der Waals surface area contributed by atoms with Crippen molar-refractivity contribution in [3.8, 4) is 0 Å². The first-order valence-corrected chi connectivity index (χ1v) is 13.4. The largest absolute Gasteiger partial charge is 0.369 e. The molecule has 0 radical (unpaired) electrons. The Morgan fingerprint density at radius 2 is 1.76 bits per heavy atom. The van der Waals surface area contributed by atoms with Gasteiger partial charge < -0.3 is 10.2 Å². The zero-order chi connectivity index (χ0) is 23.0. The second kappa shape index (κ2) is 9.08. The van der Waals surface area contributed by atoms with E-state index >= 15 is 0 Å². The summed E-state index contributed by atoms with van der Waals surface area (Å²) in [5.41, 5.74) is 2.91. The van der Waals surface area contributed by atoms with Gasteiger partial charge >= 0.3 is 0 Å². The average Bonchev–Trinajstić information content (AvgIpc) is 3.72. The number of anilines is 2. The summed E-state index contributed by atoms with van der Waals surface area (Å²) in [6, 6.07) is 12.6. The molecule has 1 aliphatic heterocycles. The molecular formula is C25H32N4O3S. The van der Waals surface area contributed by atoms with Crippen molar-refractivity contribution in [3.05, 3.63) is 53.6 Å². The highest BCUT2D eigenvalue weighted by molar-refractivity contribution is 7.89. The summed E-state index contributed by atoms with van der Waals surface area (Å²) in [7, 11) is -3.61. The summed E-state index contributed by atoms with van der Waals surface area (Å²) in [5, 5.41) is 2.96. The second-order valence-electron chi connectivity index (χ2n) is 9.61. The molecule has 5 rings (SSSR count). The molecule has 3 aliphatic rings. The van der Waals surface area contributed by atoms with Crippen LogP contribution in [0.2, 0.25) is 0 Å². The summed E-state index contributed by atoms with van der Waals surface area (Å²) >= 11 is 0. The van der Waals surface area contributed by atoms with Crippen LogP contribution in [-0.4, -0.2) is 58.0 Å². The van der Waals surface area contributed by atoms with Crippen molar-refractivity contribution in [2.75, 3.05) is 42.9 Å². The molecule has 7 nitrogen and oxygen atoms in total. The molecule has 176 valence electrons. The van der Waals surface area contributed by atoms with Gasteiger partial charge in [0.05, 0.1) is 4.90 Å². The quantitative estimate of drug-likeness (QED) is 0.622. The molecule has 8 heteroatoms. The standard InChI is InChI=1S/C25H32N4O3S/c1-18-5-10-23(33(31,32)27-20-8-9-20)16-24(18)25(30)26-21-3-2-4-22(15-21)29-13-11-28(12-14-29)17-19-6-7-19/h2-5,10,15-16,19-20,27H,6-9,11-14,17H2,1H3,(H,26,30). The lowest BCUT2D eigenvalue weighted by atomic mass is 10.1. The van der Waals surface area contributed by atoms with Crippen molar-refractivity contribution in [2.24, 2.45) is 5.92 Å². The minimum Gasteiger partial charge on any atom is -0.369 e. The molecule has 2 aromatic rings. The van der Waals surface area contributed by atoms with Crippen LogP contribution in [0.5, 0.6) is 0 Å². The highest BCUT2D eigenvalue weighted by atomic mass is 32.2. The summed E-state index contributed by atoms with van der Waals surface area (Å²) in [4.78, 5) is 18.1. The van der Waals surface area contributed by atoms with Gasteiger partial charge in [0.1, 0.15) is 0 Å². The van der Waals surface area contributed by atoms with Crippen molar-refractivity contribution < 1.29 is 13.2 Å². The first-order valence-electron chi connectivity index (χ1n) is 11.9. The first kappa shape index (κ1) is 22.4. The molecule has 0 bridgehead atoms. The van der Waals surface area contributed by atoms with Gasteiger partial charge in [0.15, 0.2) is 0 Å². The van der Waals surface area contributed by atoms with Gasteiger partial charge in [0, 0.05) is 55.7 Å². The van der Waals surface area contributed by atoms with Gasteiger partial charge in [0.25, 0.3) is 5.91 Å². The number of rotatable bonds is 8. The average molecular weight is 469 g/mol. The highest BCUT2D eigenvalue weighted by Crippen LogP contribution is 2.30. The number of sulfonamides is 1. The Balaban J connectivity index is 1.26. The molecule has 1 heterocycles. The van der Waals surface area contributed by atoms with E-state index in [1.165, 1.54) is 25.5 Å². The number of aryl methyl sites for hydroxylation is 1.